The Kier molecular flexibility index (Phi) is 3.88. The highest BCUT2D eigenvalue weighted by Gasteiger charge is 2.32. The van der Waals surface area contributed by atoms with Gasteiger partial charge in [-0.1, -0.05) is 41.9 Å². The van der Waals surface area contributed by atoms with Gasteiger partial charge in [-0.25, -0.2) is 8.96 Å². The minimum Gasteiger partial charge on any atom is -0.225 e. The van der Waals surface area contributed by atoms with Gasteiger partial charge in [0.15, 0.2) is 5.69 Å². The minimum atomic E-state index is -0.175. The van der Waals surface area contributed by atoms with E-state index in [-0.39, 0.29) is 5.82 Å². The molecule has 4 heteroatoms. The quantitative estimate of drug-likeness (QED) is 0.334. The van der Waals surface area contributed by atoms with Gasteiger partial charge in [-0.15, -0.1) is 0 Å². The number of hydrogen-bond donors (Lipinski definition) is 0. The topological polar surface area (TPSA) is 8.81 Å². The molecule has 0 spiro atoms. The molecule has 0 atom stereocenters. The summed E-state index contributed by atoms with van der Waals surface area (Å²) in [6, 6.07) is 17.5. The highest BCUT2D eigenvalue weighted by atomic mass is 35.5. The third-order valence-electron chi connectivity index (χ3n) is 5.53. The van der Waals surface area contributed by atoms with Gasteiger partial charge in [-0.05, 0) is 54.8 Å². The van der Waals surface area contributed by atoms with Crippen molar-refractivity contribution < 1.29 is 8.96 Å². The van der Waals surface area contributed by atoms with Crippen LogP contribution in [0.4, 0.5) is 4.39 Å². The first-order chi connectivity index (χ1) is 13.5. The predicted molar refractivity (Wildman–Crippen MR) is 110 cm³/mol. The Morgan fingerprint density at radius 1 is 0.964 bits per heavy atom. The lowest BCUT2D eigenvalue weighted by Crippen LogP contribution is -2.29. The van der Waals surface area contributed by atoms with Crippen molar-refractivity contribution in [1.82, 2.24) is 4.57 Å². The number of aromatic nitrogens is 2. The molecule has 138 valence electrons. The fraction of sp³-hybridized carbons (Fsp3) is 0.125. The zero-order valence-corrected chi connectivity index (χ0v) is 16.5. The Morgan fingerprint density at radius 2 is 1.71 bits per heavy atom. The Morgan fingerprint density at radius 3 is 2.46 bits per heavy atom. The zero-order valence-electron chi connectivity index (χ0n) is 15.7. The van der Waals surface area contributed by atoms with E-state index < -0.39 is 0 Å². The molecule has 2 heterocycles. The second-order valence-corrected chi connectivity index (χ2v) is 7.73. The van der Waals surface area contributed by atoms with Crippen LogP contribution in [0.25, 0.3) is 28.2 Å². The zero-order chi connectivity index (χ0) is 19.4. The lowest BCUT2D eigenvalue weighted by molar-refractivity contribution is -0.671. The summed E-state index contributed by atoms with van der Waals surface area (Å²) in [5, 5.41) is 0.687. The molecule has 0 amide bonds. The van der Waals surface area contributed by atoms with Gasteiger partial charge in [0.05, 0.1) is 10.6 Å². The number of rotatable bonds is 2. The largest absolute Gasteiger partial charge is 0.294 e. The second-order valence-electron chi connectivity index (χ2n) is 7.33. The van der Waals surface area contributed by atoms with E-state index in [4.69, 9.17) is 11.6 Å². The van der Waals surface area contributed by atoms with Gasteiger partial charge < -0.3 is 0 Å². The third-order valence-corrected chi connectivity index (χ3v) is 5.85. The number of para-hydroxylation sites is 1. The average Bonchev–Trinajstić information content (AvgIpc) is 3.21. The summed E-state index contributed by atoms with van der Waals surface area (Å²) in [4.78, 5) is 0. The van der Waals surface area contributed by atoms with Crippen molar-refractivity contribution >= 4 is 11.6 Å². The van der Waals surface area contributed by atoms with Gasteiger partial charge >= 0.3 is 0 Å². The molecule has 1 aliphatic rings. The van der Waals surface area contributed by atoms with Gasteiger partial charge in [0, 0.05) is 11.1 Å². The number of imidazole rings is 1. The van der Waals surface area contributed by atoms with Crippen LogP contribution in [-0.4, -0.2) is 4.57 Å². The number of fused-ring (bicyclic) bond motifs is 3. The first-order valence-corrected chi connectivity index (χ1v) is 9.67. The summed E-state index contributed by atoms with van der Waals surface area (Å²) in [6.45, 7) is 4.72. The maximum atomic E-state index is 15.1. The number of hydrogen-bond acceptors (Lipinski definition) is 0. The van der Waals surface area contributed by atoms with E-state index in [0.717, 1.165) is 39.3 Å². The number of halogens is 2. The molecule has 2 nitrogen and oxygen atoms in total. The van der Waals surface area contributed by atoms with E-state index in [1.807, 2.05) is 74.8 Å². The summed E-state index contributed by atoms with van der Waals surface area (Å²) < 4.78 is 19.3. The van der Waals surface area contributed by atoms with Crippen molar-refractivity contribution in [3.63, 3.8) is 0 Å². The van der Waals surface area contributed by atoms with E-state index in [0.29, 0.717) is 17.1 Å². The molecule has 1 aromatic heterocycles. The van der Waals surface area contributed by atoms with Crippen molar-refractivity contribution in [3.8, 4) is 28.2 Å². The summed E-state index contributed by atoms with van der Waals surface area (Å²) in [6.07, 6.45) is 4.04. The molecule has 0 radical (unpaired) electrons. The Labute approximate surface area is 168 Å². The Bertz CT molecular complexity index is 1220. The predicted octanol–water partition coefficient (Wildman–Crippen LogP) is 5.87. The first-order valence-electron chi connectivity index (χ1n) is 9.29. The van der Waals surface area contributed by atoms with Crippen LogP contribution in [0, 0.1) is 19.7 Å². The van der Waals surface area contributed by atoms with E-state index in [1.54, 1.807) is 6.07 Å². The smallest absolute Gasteiger partial charge is 0.225 e. The highest BCUT2D eigenvalue weighted by molar-refractivity contribution is 6.32. The van der Waals surface area contributed by atoms with Crippen LogP contribution in [0.15, 0.2) is 67.0 Å². The number of nitrogens with zero attached hydrogens (tertiary/aromatic N) is 2. The monoisotopic (exact) mass is 389 g/mol. The second kappa shape index (κ2) is 6.32. The molecule has 28 heavy (non-hydrogen) atoms. The minimum absolute atomic E-state index is 0.175. The fourth-order valence-electron chi connectivity index (χ4n) is 4.25. The molecule has 1 aliphatic heterocycles. The summed E-state index contributed by atoms with van der Waals surface area (Å²) in [7, 11) is 0. The number of benzene rings is 3. The molecule has 0 saturated carbocycles. The molecule has 3 aromatic carbocycles. The maximum absolute atomic E-state index is 15.1. The lowest BCUT2D eigenvalue weighted by atomic mass is 9.93. The molecule has 0 fully saturated rings. The van der Waals surface area contributed by atoms with Crippen LogP contribution in [-0.2, 0) is 6.54 Å². The molecule has 0 bridgehead atoms. The van der Waals surface area contributed by atoms with Crippen LogP contribution < -0.4 is 4.57 Å². The third kappa shape index (κ3) is 2.50. The van der Waals surface area contributed by atoms with Crippen molar-refractivity contribution in [3.05, 3.63) is 94.5 Å². The van der Waals surface area contributed by atoms with Gasteiger partial charge in [0.2, 0.25) is 0 Å². The van der Waals surface area contributed by atoms with Crippen molar-refractivity contribution in [2.45, 2.75) is 20.4 Å². The molecule has 4 aromatic rings. The van der Waals surface area contributed by atoms with Crippen molar-refractivity contribution in [2.75, 3.05) is 0 Å². The average molecular weight is 390 g/mol. The van der Waals surface area contributed by atoms with E-state index in [1.165, 1.54) is 0 Å². The van der Waals surface area contributed by atoms with E-state index in [9.17, 15) is 0 Å². The van der Waals surface area contributed by atoms with Gasteiger partial charge in [0.1, 0.15) is 24.8 Å². The molecule has 5 rings (SSSR count). The van der Waals surface area contributed by atoms with E-state index in [2.05, 4.69) is 9.13 Å². The Balaban J connectivity index is 1.75. The standard InChI is InChI=1S/C24H19ClFN2/c1-15-6-5-7-16(2)23(15)19-13-18-17(12-21(19)26)14-27-10-11-28(24(18)27)22-9-4-3-8-20(22)25/h3-13H,14H2,1-2H3/q+1. The fourth-order valence-corrected chi connectivity index (χ4v) is 4.47. The Hall–Kier alpha value is -2.91. The SMILES string of the molecule is Cc1cccc(C)c1-c1cc2c(cc1F)C[n+]1ccn(-c3ccccc3Cl)c1-2. The highest BCUT2D eigenvalue weighted by Crippen LogP contribution is 2.37. The molecule has 0 saturated heterocycles. The number of aryl methyl sites for hydroxylation is 2. The van der Waals surface area contributed by atoms with E-state index >= 15 is 4.39 Å². The van der Waals surface area contributed by atoms with Crippen LogP contribution in [0.2, 0.25) is 5.02 Å². The van der Waals surface area contributed by atoms with Crippen molar-refractivity contribution in [1.29, 1.82) is 0 Å². The normalized spacial score (nSPS) is 12.1. The lowest BCUT2D eigenvalue weighted by Gasteiger charge is -2.12. The van der Waals surface area contributed by atoms with Gasteiger partial charge in [0.25, 0.3) is 5.82 Å². The summed E-state index contributed by atoms with van der Waals surface area (Å²) in [5.74, 6) is 0.849. The summed E-state index contributed by atoms with van der Waals surface area (Å²) in [5.41, 5.74) is 6.72. The van der Waals surface area contributed by atoms with Crippen LogP contribution >= 0.6 is 11.6 Å². The van der Waals surface area contributed by atoms with Crippen LogP contribution in [0.1, 0.15) is 16.7 Å². The molecule has 0 aliphatic carbocycles. The first kappa shape index (κ1) is 17.2. The van der Waals surface area contributed by atoms with Gasteiger partial charge in [-0.2, -0.15) is 4.57 Å². The molecule has 0 N–H and O–H groups in total. The van der Waals surface area contributed by atoms with Crippen molar-refractivity contribution in [2.24, 2.45) is 0 Å². The summed E-state index contributed by atoms with van der Waals surface area (Å²) >= 11 is 6.45. The maximum Gasteiger partial charge on any atom is 0.294 e. The molecular weight excluding hydrogens is 371 g/mol. The molecular formula is C24H19ClFN2+. The molecule has 0 unspecified atom stereocenters. The van der Waals surface area contributed by atoms with Crippen LogP contribution in [0.5, 0.6) is 0 Å². The van der Waals surface area contributed by atoms with Gasteiger partial charge in [-0.3, -0.25) is 0 Å². The van der Waals surface area contributed by atoms with Crippen LogP contribution in [0.3, 0.4) is 0 Å².